The van der Waals surface area contributed by atoms with Crippen LogP contribution in [-0.2, 0) is 4.79 Å². The molecule has 1 aliphatic carbocycles. The highest BCUT2D eigenvalue weighted by Crippen LogP contribution is 2.35. The summed E-state index contributed by atoms with van der Waals surface area (Å²) >= 11 is 0. The summed E-state index contributed by atoms with van der Waals surface area (Å²) in [5, 5.41) is 3.40. The van der Waals surface area contributed by atoms with Crippen LogP contribution in [0.4, 0.5) is 10.2 Å². The molecule has 0 radical (unpaired) electrons. The first-order valence-electron chi connectivity index (χ1n) is 10.6. The summed E-state index contributed by atoms with van der Waals surface area (Å²) in [4.78, 5) is 30.3. The van der Waals surface area contributed by atoms with Crippen molar-refractivity contribution in [1.29, 1.82) is 0 Å². The summed E-state index contributed by atoms with van der Waals surface area (Å²) in [5.74, 6) is 1.43. The minimum atomic E-state index is -0.362. The number of H-pyrrole nitrogens is 1. The number of carbonyl (C=O) groups is 1. The molecule has 32 heavy (non-hydrogen) atoms. The summed E-state index contributed by atoms with van der Waals surface area (Å²) in [5.41, 5.74) is 2.44. The van der Waals surface area contributed by atoms with Gasteiger partial charge in [-0.15, -0.1) is 0 Å². The number of halogens is 1. The van der Waals surface area contributed by atoms with Gasteiger partial charge in [-0.3, -0.25) is 4.79 Å². The van der Waals surface area contributed by atoms with E-state index in [0.717, 1.165) is 24.2 Å². The van der Waals surface area contributed by atoms with Crippen molar-refractivity contribution in [1.82, 2.24) is 24.8 Å². The van der Waals surface area contributed by atoms with Crippen LogP contribution in [0.2, 0.25) is 0 Å². The number of fused-ring (bicyclic) bond motifs is 1. The molecule has 0 saturated carbocycles. The number of imidazole rings is 1. The molecule has 1 amide bonds. The molecular formula is C23H23FN6O2. The van der Waals surface area contributed by atoms with Crippen molar-refractivity contribution in [2.75, 3.05) is 25.0 Å². The number of rotatable bonds is 7. The van der Waals surface area contributed by atoms with E-state index < -0.39 is 0 Å². The number of anilines is 1. The lowest BCUT2D eigenvalue weighted by atomic mass is 9.86. The second-order valence-corrected chi connectivity index (χ2v) is 8.01. The van der Waals surface area contributed by atoms with Gasteiger partial charge in [0, 0.05) is 25.0 Å². The zero-order valence-electron chi connectivity index (χ0n) is 17.4. The van der Waals surface area contributed by atoms with Gasteiger partial charge < -0.3 is 19.9 Å². The van der Waals surface area contributed by atoms with Gasteiger partial charge >= 0.3 is 0 Å². The van der Waals surface area contributed by atoms with Crippen LogP contribution in [0.15, 0.2) is 54.9 Å². The topological polar surface area (TPSA) is 96.0 Å². The fourth-order valence-corrected chi connectivity index (χ4v) is 4.08. The van der Waals surface area contributed by atoms with Crippen LogP contribution in [0.3, 0.4) is 0 Å². The molecule has 1 aliphatic heterocycles. The highest BCUT2D eigenvalue weighted by molar-refractivity contribution is 5.87. The normalized spacial score (nSPS) is 20.0. The number of ether oxygens (including phenoxy) is 1. The van der Waals surface area contributed by atoms with E-state index in [1.54, 1.807) is 23.1 Å². The highest BCUT2D eigenvalue weighted by atomic mass is 19.1. The molecule has 1 aromatic carbocycles. The number of nitrogens with one attached hydrogen (secondary N) is 2. The first-order valence-corrected chi connectivity index (χ1v) is 10.6. The van der Waals surface area contributed by atoms with E-state index in [0.29, 0.717) is 36.7 Å². The summed E-state index contributed by atoms with van der Waals surface area (Å²) in [6.45, 7) is 5.19. The lowest BCUT2D eigenvalue weighted by molar-refractivity contribution is -0.125. The van der Waals surface area contributed by atoms with E-state index in [4.69, 9.17) is 9.72 Å². The third-order valence-corrected chi connectivity index (χ3v) is 5.84. The zero-order valence-corrected chi connectivity index (χ0v) is 17.4. The lowest BCUT2D eigenvalue weighted by Crippen LogP contribution is -2.30. The van der Waals surface area contributed by atoms with E-state index in [1.807, 2.05) is 0 Å². The molecule has 3 heterocycles. The number of hydrogen-bond acceptors (Lipinski definition) is 6. The number of hydrogen-bond donors (Lipinski definition) is 2. The second-order valence-electron chi connectivity index (χ2n) is 8.01. The molecule has 8 nitrogen and oxygen atoms in total. The van der Waals surface area contributed by atoms with Gasteiger partial charge in [-0.2, -0.15) is 0 Å². The maximum Gasteiger partial charge on any atom is 0.246 e. The standard InChI is InChI=1S/C23H23FN6O2/c1-2-19(31)30-8-7-16(11-30)27-22-20-23(26-13-25-22)29-21(28-20)15-9-14(10-15)12-32-18-6-4-3-5-17(18)24/h2-6,9,13,15-16H,1,7-8,10-12H2,(H2,25,26,27,28,29). The fourth-order valence-electron chi connectivity index (χ4n) is 4.08. The number of carbonyl (C=O) groups excluding carboxylic acids is 1. The van der Waals surface area contributed by atoms with Crippen molar-refractivity contribution >= 4 is 22.9 Å². The van der Waals surface area contributed by atoms with Gasteiger partial charge in [0.15, 0.2) is 28.5 Å². The number of benzene rings is 1. The van der Waals surface area contributed by atoms with E-state index >= 15 is 0 Å². The SMILES string of the molecule is C=CC(=O)N1CCC(Nc2ncnc3[nH]c(C4C=C(COc5ccccc5F)C4)nc23)C1. The van der Waals surface area contributed by atoms with E-state index in [1.165, 1.54) is 18.5 Å². The van der Waals surface area contributed by atoms with Gasteiger partial charge in [0.1, 0.15) is 18.8 Å². The zero-order chi connectivity index (χ0) is 22.1. The van der Waals surface area contributed by atoms with Crippen molar-refractivity contribution in [2.24, 2.45) is 0 Å². The third-order valence-electron chi connectivity index (χ3n) is 5.84. The predicted molar refractivity (Wildman–Crippen MR) is 118 cm³/mol. The molecule has 9 heteroatoms. The largest absolute Gasteiger partial charge is 0.486 e. The molecule has 2 atom stereocenters. The van der Waals surface area contributed by atoms with Gasteiger partial charge in [-0.25, -0.2) is 19.3 Å². The first kappa shape index (κ1) is 20.2. The van der Waals surface area contributed by atoms with Gasteiger partial charge in [0.05, 0.1) is 0 Å². The third kappa shape index (κ3) is 3.93. The van der Waals surface area contributed by atoms with Crippen molar-refractivity contribution in [3.63, 3.8) is 0 Å². The molecule has 0 bridgehead atoms. The van der Waals surface area contributed by atoms with Crippen LogP contribution in [0.1, 0.15) is 24.6 Å². The molecule has 2 aliphatic rings. The number of amides is 1. The molecule has 3 aromatic rings. The van der Waals surface area contributed by atoms with Crippen LogP contribution in [0.25, 0.3) is 11.2 Å². The quantitative estimate of drug-likeness (QED) is 0.438. The molecule has 2 N–H and O–H groups in total. The Labute approximate surface area is 184 Å². The molecule has 1 saturated heterocycles. The molecule has 0 spiro atoms. The fraction of sp³-hybridized carbons (Fsp3) is 0.304. The van der Waals surface area contributed by atoms with Crippen LogP contribution in [0.5, 0.6) is 5.75 Å². The summed E-state index contributed by atoms with van der Waals surface area (Å²) in [6.07, 6.45) is 6.53. The van der Waals surface area contributed by atoms with Gasteiger partial charge in [0.25, 0.3) is 0 Å². The second kappa shape index (κ2) is 8.41. The summed E-state index contributed by atoms with van der Waals surface area (Å²) < 4.78 is 19.3. The van der Waals surface area contributed by atoms with Gasteiger partial charge in [-0.05, 0) is 36.6 Å². The molecule has 164 valence electrons. The first-order chi connectivity index (χ1) is 15.6. The van der Waals surface area contributed by atoms with Crippen LogP contribution in [-0.4, -0.2) is 56.5 Å². The average Bonchev–Trinajstić information content (AvgIpc) is 3.41. The number of aromatic amines is 1. The van der Waals surface area contributed by atoms with Crippen LogP contribution >= 0.6 is 0 Å². The molecule has 2 unspecified atom stereocenters. The van der Waals surface area contributed by atoms with Crippen LogP contribution < -0.4 is 10.1 Å². The van der Waals surface area contributed by atoms with E-state index in [2.05, 4.69) is 32.9 Å². The summed E-state index contributed by atoms with van der Waals surface area (Å²) in [6, 6.07) is 6.49. The Bertz CT molecular complexity index is 1210. The van der Waals surface area contributed by atoms with Crippen LogP contribution in [0, 0.1) is 5.82 Å². The Kier molecular flexibility index (Phi) is 5.30. The number of likely N-dealkylation sites (tertiary alicyclic amines) is 1. The molecular weight excluding hydrogens is 411 g/mol. The highest BCUT2D eigenvalue weighted by Gasteiger charge is 2.28. The lowest BCUT2D eigenvalue weighted by Gasteiger charge is -2.23. The molecule has 5 rings (SSSR count). The monoisotopic (exact) mass is 434 g/mol. The van der Waals surface area contributed by atoms with Gasteiger partial charge in [-0.1, -0.05) is 24.8 Å². The Hall–Kier alpha value is -3.75. The van der Waals surface area contributed by atoms with Crippen molar-refractivity contribution in [2.45, 2.75) is 24.8 Å². The van der Waals surface area contributed by atoms with E-state index in [9.17, 15) is 9.18 Å². The summed E-state index contributed by atoms with van der Waals surface area (Å²) in [7, 11) is 0. The smallest absolute Gasteiger partial charge is 0.246 e. The molecule has 2 aromatic heterocycles. The minimum Gasteiger partial charge on any atom is -0.486 e. The Morgan fingerprint density at radius 1 is 1.38 bits per heavy atom. The van der Waals surface area contributed by atoms with E-state index in [-0.39, 0.29) is 29.4 Å². The maximum absolute atomic E-state index is 13.7. The Balaban J connectivity index is 1.25. The Morgan fingerprint density at radius 3 is 3.03 bits per heavy atom. The Morgan fingerprint density at radius 2 is 2.22 bits per heavy atom. The number of para-hydroxylation sites is 1. The number of aromatic nitrogens is 4. The number of allylic oxidation sites excluding steroid dienone is 1. The average molecular weight is 434 g/mol. The minimum absolute atomic E-state index is 0.0595. The maximum atomic E-state index is 13.7. The van der Waals surface area contributed by atoms with Gasteiger partial charge in [0.2, 0.25) is 5.91 Å². The van der Waals surface area contributed by atoms with Crippen molar-refractivity contribution in [3.05, 3.63) is 66.5 Å². The molecule has 1 fully saturated rings. The van der Waals surface area contributed by atoms with Crippen molar-refractivity contribution in [3.8, 4) is 5.75 Å². The number of nitrogens with zero attached hydrogens (tertiary/aromatic N) is 4. The predicted octanol–water partition coefficient (Wildman–Crippen LogP) is 3.18. The van der Waals surface area contributed by atoms with Crippen molar-refractivity contribution < 1.29 is 13.9 Å².